The van der Waals surface area contributed by atoms with Crippen molar-refractivity contribution in [3.05, 3.63) is 66.0 Å². The summed E-state index contributed by atoms with van der Waals surface area (Å²) in [6.07, 6.45) is 0.888. The summed E-state index contributed by atoms with van der Waals surface area (Å²) in [5.41, 5.74) is 2.50. The van der Waals surface area contributed by atoms with Crippen LogP contribution in [-0.2, 0) is 16.1 Å². The molecule has 0 saturated heterocycles. The molecule has 4 rings (SSSR count). The molecule has 9 heteroatoms. The molecule has 2 atom stereocenters. The first kappa shape index (κ1) is 24.0. The number of amides is 2. The predicted molar refractivity (Wildman–Crippen MR) is 135 cm³/mol. The maximum atomic E-state index is 13.4. The van der Waals surface area contributed by atoms with Crippen LogP contribution in [0.1, 0.15) is 37.7 Å². The van der Waals surface area contributed by atoms with Crippen molar-refractivity contribution in [3.8, 4) is 0 Å². The minimum absolute atomic E-state index is 0.00123. The fourth-order valence-electron chi connectivity index (χ4n) is 4.18. The fourth-order valence-corrected chi connectivity index (χ4v) is 5.10. The number of nitrogens with one attached hydrogen (secondary N) is 1. The number of benzene rings is 2. The van der Waals surface area contributed by atoms with Crippen molar-refractivity contribution >= 4 is 35.0 Å². The first-order valence-electron chi connectivity index (χ1n) is 11.4. The van der Waals surface area contributed by atoms with Crippen LogP contribution in [-0.4, -0.2) is 57.4 Å². The van der Waals surface area contributed by atoms with E-state index in [1.807, 2.05) is 57.4 Å². The topological polar surface area (TPSA) is 83.4 Å². The minimum Gasteiger partial charge on any atom is -0.323 e. The van der Waals surface area contributed by atoms with Crippen molar-refractivity contribution in [2.24, 2.45) is 0 Å². The van der Waals surface area contributed by atoms with Crippen molar-refractivity contribution in [2.75, 3.05) is 30.9 Å². The number of carbonyl (C=O) groups excluding carboxylic acids is 2. The van der Waals surface area contributed by atoms with E-state index in [2.05, 4.69) is 44.0 Å². The van der Waals surface area contributed by atoms with E-state index in [-0.39, 0.29) is 24.4 Å². The number of anilines is 2. The summed E-state index contributed by atoms with van der Waals surface area (Å²) in [4.78, 5) is 29.3. The molecule has 2 amide bonds. The van der Waals surface area contributed by atoms with Gasteiger partial charge in [0.2, 0.25) is 11.8 Å². The summed E-state index contributed by atoms with van der Waals surface area (Å²) in [5, 5.41) is 12.1. The van der Waals surface area contributed by atoms with E-state index in [4.69, 9.17) is 0 Å². The second kappa shape index (κ2) is 10.4. The van der Waals surface area contributed by atoms with E-state index < -0.39 is 5.25 Å². The second-order valence-corrected chi connectivity index (χ2v) is 9.86. The van der Waals surface area contributed by atoms with E-state index in [0.29, 0.717) is 23.1 Å². The lowest BCUT2D eigenvalue weighted by atomic mass is 10.2. The van der Waals surface area contributed by atoms with Crippen molar-refractivity contribution in [1.29, 1.82) is 0 Å². The summed E-state index contributed by atoms with van der Waals surface area (Å²) in [7, 11) is 4.07. The lowest BCUT2D eigenvalue weighted by molar-refractivity contribution is -0.121. The largest absolute Gasteiger partial charge is 0.323 e. The van der Waals surface area contributed by atoms with Gasteiger partial charge in [-0.15, -0.1) is 10.2 Å². The molecular formula is C25H30N6O2S. The maximum absolute atomic E-state index is 13.4. The van der Waals surface area contributed by atoms with Crippen molar-refractivity contribution in [1.82, 2.24) is 19.7 Å². The zero-order chi connectivity index (χ0) is 24.2. The van der Waals surface area contributed by atoms with E-state index in [9.17, 15) is 9.59 Å². The zero-order valence-corrected chi connectivity index (χ0v) is 20.7. The summed E-state index contributed by atoms with van der Waals surface area (Å²) in [5.74, 6) is 0.541. The van der Waals surface area contributed by atoms with Crippen molar-refractivity contribution in [3.63, 3.8) is 0 Å². The van der Waals surface area contributed by atoms with Crippen LogP contribution in [0.15, 0.2) is 59.8 Å². The van der Waals surface area contributed by atoms with Gasteiger partial charge in [0.25, 0.3) is 0 Å². The molecule has 2 aromatic carbocycles. The Morgan fingerprint density at radius 1 is 1.12 bits per heavy atom. The number of para-hydroxylation sites is 2. The molecule has 0 fully saturated rings. The van der Waals surface area contributed by atoms with Gasteiger partial charge in [0.1, 0.15) is 6.54 Å². The summed E-state index contributed by atoms with van der Waals surface area (Å²) in [6.45, 7) is 4.60. The summed E-state index contributed by atoms with van der Waals surface area (Å²) < 4.78 is 2.11. The van der Waals surface area contributed by atoms with E-state index >= 15 is 0 Å². The molecule has 34 heavy (non-hydrogen) atoms. The average Bonchev–Trinajstić information content (AvgIpc) is 3.20. The molecule has 0 bridgehead atoms. The van der Waals surface area contributed by atoms with Gasteiger partial charge in [-0.25, -0.2) is 0 Å². The Bertz CT molecular complexity index is 1160. The third-order valence-electron chi connectivity index (χ3n) is 5.90. The van der Waals surface area contributed by atoms with Gasteiger partial charge in [-0.05, 0) is 45.1 Å². The Hall–Kier alpha value is -3.17. The zero-order valence-electron chi connectivity index (χ0n) is 19.9. The number of carbonyl (C=O) groups is 2. The SMILES string of the molecule is CC[C@H](c1nnc(S[C@H](C)C(=O)N2CC(=O)Nc3ccccc32)n1Cc1ccccc1)N(C)C. The molecule has 2 heterocycles. The van der Waals surface area contributed by atoms with Crippen molar-refractivity contribution < 1.29 is 9.59 Å². The normalized spacial score (nSPS) is 15.1. The first-order chi connectivity index (χ1) is 16.4. The summed E-state index contributed by atoms with van der Waals surface area (Å²) >= 11 is 1.38. The van der Waals surface area contributed by atoms with Gasteiger partial charge in [0, 0.05) is 0 Å². The number of nitrogens with zero attached hydrogens (tertiary/aromatic N) is 5. The third kappa shape index (κ3) is 5.00. The number of aromatic nitrogens is 3. The average molecular weight is 479 g/mol. The van der Waals surface area contributed by atoms with Crippen LogP contribution in [0.2, 0.25) is 0 Å². The quantitative estimate of drug-likeness (QED) is 0.496. The van der Waals surface area contributed by atoms with Gasteiger partial charge in [-0.3, -0.25) is 19.4 Å². The standard InChI is InChI=1S/C25H30N6O2S/c1-5-20(29(3)4)23-27-28-25(31(23)15-18-11-7-6-8-12-18)34-17(2)24(33)30-16-22(32)26-19-13-9-10-14-21(19)30/h6-14,17,20H,5,15-16H2,1-4H3,(H,26,32)/t17-,20-/m1/s1. The number of fused-ring (bicyclic) bond motifs is 1. The van der Waals surface area contributed by atoms with Crippen LogP contribution in [0.5, 0.6) is 0 Å². The first-order valence-corrected chi connectivity index (χ1v) is 12.3. The number of thioether (sulfide) groups is 1. The molecule has 0 saturated carbocycles. The third-order valence-corrected chi connectivity index (χ3v) is 6.97. The molecule has 1 aromatic heterocycles. The highest BCUT2D eigenvalue weighted by atomic mass is 32.2. The number of hydrogen-bond donors (Lipinski definition) is 1. The minimum atomic E-state index is -0.454. The van der Waals surface area contributed by atoms with Crippen LogP contribution in [0.25, 0.3) is 0 Å². The highest BCUT2D eigenvalue weighted by molar-refractivity contribution is 8.00. The van der Waals surface area contributed by atoms with Crippen LogP contribution in [0.3, 0.4) is 0 Å². The molecule has 178 valence electrons. The highest BCUT2D eigenvalue weighted by Gasteiger charge is 2.31. The Morgan fingerprint density at radius 3 is 2.53 bits per heavy atom. The molecule has 0 aliphatic carbocycles. The Balaban J connectivity index is 1.62. The van der Waals surface area contributed by atoms with E-state index in [0.717, 1.165) is 17.8 Å². The molecule has 1 aliphatic rings. The molecule has 0 radical (unpaired) electrons. The van der Waals surface area contributed by atoms with Crippen LogP contribution in [0, 0.1) is 0 Å². The fraction of sp³-hybridized carbons (Fsp3) is 0.360. The van der Waals surface area contributed by atoms with Gasteiger partial charge in [0.15, 0.2) is 11.0 Å². The van der Waals surface area contributed by atoms with Crippen LogP contribution in [0.4, 0.5) is 11.4 Å². The Labute approximate surface area is 204 Å². The van der Waals surface area contributed by atoms with Gasteiger partial charge in [0.05, 0.1) is 29.2 Å². The van der Waals surface area contributed by atoms with E-state index in [1.54, 1.807) is 11.0 Å². The van der Waals surface area contributed by atoms with Crippen molar-refractivity contribution in [2.45, 2.75) is 43.3 Å². The van der Waals surface area contributed by atoms with Crippen LogP contribution >= 0.6 is 11.8 Å². The van der Waals surface area contributed by atoms with E-state index in [1.165, 1.54) is 11.8 Å². The predicted octanol–water partition coefficient (Wildman–Crippen LogP) is 3.81. The molecule has 1 aliphatic heterocycles. The summed E-state index contributed by atoms with van der Waals surface area (Å²) in [6, 6.07) is 17.6. The van der Waals surface area contributed by atoms with Gasteiger partial charge in [-0.2, -0.15) is 0 Å². The van der Waals surface area contributed by atoms with Crippen LogP contribution < -0.4 is 10.2 Å². The Kier molecular flexibility index (Phi) is 7.33. The maximum Gasteiger partial charge on any atom is 0.244 e. The van der Waals surface area contributed by atoms with Gasteiger partial charge in [-0.1, -0.05) is 61.2 Å². The number of hydrogen-bond acceptors (Lipinski definition) is 6. The second-order valence-electron chi connectivity index (χ2n) is 8.55. The highest BCUT2D eigenvalue weighted by Crippen LogP contribution is 2.33. The molecule has 1 N–H and O–H groups in total. The Morgan fingerprint density at radius 2 is 1.82 bits per heavy atom. The van der Waals surface area contributed by atoms with Gasteiger partial charge >= 0.3 is 0 Å². The molecule has 8 nitrogen and oxygen atoms in total. The monoisotopic (exact) mass is 478 g/mol. The van der Waals surface area contributed by atoms with Gasteiger partial charge < -0.3 is 9.88 Å². The lowest BCUT2D eigenvalue weighted by Gasteiger charge is -2.30. The number of rotatable bonds is 8. The smallest absolute Gasteiger partial charge is 0.244 e. The lowest BCUT2D eigenvalue weighted by Crippen LogP contribution is -2.45. The molecular weight excluding hydrogens is 448 g/mol. The molecule has 3 aromatic rings. The molecule has 0 unspecified atom stereocenters. The molecule has 0 spiro atoms.